The van der Waals surface area contributed by atoms with E-state index in [1.165, 1.54) is 0 Å². The van der Waals surface area contributed by atoms with Gasteiger partial charge in [-0.15, -0.1) is 0 Å². The lowest BCUT2D eigenvalue weighted by Crippen LogP contribution is -2.36. The number of fused-ring (bicyclic) bond motifs is 2. The number of carbonyl (C=O) groups is 1. The van der Waals surface area contributed by atoms with Gasteiger partial charge in [0.15, 0.2) is 5.76 Å². The minimum Gasteiger partial charge on any atom is -0.442 e. The maximum Gasteiger partial charge on any atom is 0.337 e. The highest BCUT2D eigenvalue weighted by atomic mass is 16.7. The fourth-order valence-electron chi connectivity index (χ4n) is 4.61. The van der Waals surface area contributed by atoms with Crippen molar-refractivity contribution in [2.45, 2.75) is 19.6 Å². The number of allylic oxidation sites excluding steroid dienone is 1. The van der Waals surface area contributed by atoms with Crippen LogP contribution in [0.4, 0.5) is 0 Å². The Kier molecular flexibility index (Phi) is 4.48. The Morgan fingerprint density at radius 1 is 0.848 bits per heavy atom. The van der Waals surface area contributed by atoms with Gasteiger partial charge >= 0.3 is 11.8 Å². The summed E-state index contributed by atoms with van der Waals surface area (Å²) in [5.74, 6) is -1.84. The molecule has 2 aromatic carbocycles. The molecule has 3 heterocycles. The molecule has 0 radical (unpaired) electrons. The molecule has 0 bridgehead atoms. The summed E-state index contributed by atoms with van der Waals surface area (Å²) in [6.07, 6.45) is 0. The number of benzene rings is 2. The summed E-state index contributed by atoms with van der Waals surface area (Å²) in [6, 6.07) is 23.3. The zero-order valence-electron chi connectivity index (χ0n) is 18.3. The lowest BCUT2D eigenvalue weighted by atomic mass is 9.87. The van der Waals surface area contributed by atoms with Gasteiger partial charge in [-0.05, 0) is 19.4 Å². The molecular weight excluding hydrogens is 414 g/mol. The van der Waals surface area contributed by atoms with E-state index in [2.05, 4.69) is 12.1 Å². The Hall–Kier alpha value is -4.55. The third-order valence-electron chi connectivity index (χ3n) is 6.34. The molecule has 6 heteroatoms. The van der Waals surface area contributed by atoms with Crippen molar-refractivity contribution < 1.29 is 14.3 Å². The first-order chi connectivity index (χ1) is 15.9. The largest absolute Gasteiger partial charge is 0.442 e. The van der Waals surface area contributed by atoms with E-state index in [1.54, 1.807) is 13.8 Å². The number of carbonyl (C=O) groups excluding carboxylic acids is 1. The number of esters is 1. The molecule has 3 aromatic rings. The van der Waals surface area contributed by atoms with E-state index in [1.807, 2.05) is 72.3 Å². The number of nitrogens with zero attached hydrogens (tertiary/aromatic N) is 3. The van der Waals surface area contributed by atoms with Crippen LogP contribution < -0.4 is 0 Å². The summed E-state index contributed by atoms with van der Waals surface area (Å²) in [7, 11) is 1.81. The highest BCUT2D eigenvalue weighted by Crippen LogP contribution is 2.55. The second-order valence-electron chi connectivity index (χ2n) is 8.02. The van der Waals surface area contributed by atoms with E-state index in [9.17, 15) is 15.3 Å². The number of ether oxygens (including phenoxy) is 2. The zero-order chi connectivity index (χ0) is 23.3. The molecule has 0 saturated carbocycles. The van der Waals surface area contributed by atoms with Crippen molar-refractivity contribution in [2.24, 2.45) is 7.05 Å². The molecule has 0 N–H and O–H groups in total. The van der Waals surface area contributed by atoms with Crippen molar-refractivity contribution in [2.75, 3.05) is 0 Å². The fraction of sp³-hybridized carbons (Fsp3) is 0.148. The van der Waals surface area contributed by atoms with Gasteiger partial charge in [0.1, 0.15) is 17.7 Å². The lowest BCUT2D eigenvalue weighted by molar-refractivity contribution is -0.184. The minimum atomic E-state index is -1.63. The molecule has 33 heavy (non-hydrogen) atoms. The van der Waals surface area contributed by atoms with Gasteiger partial charge in [0.05, 0.1) is 22.5 Å². The molecule has 1 spiro atoms. The maximum atomic E-state index is 12.7. The van der Waals surface area contributed by atoms with Crippen LogP contribution in [-0.4, -0.2) is 10.5 Å². The van der Waals surface area contributed by atoms with Gasteiger partial charge in [-0.3, -0.25) is 0 Å². The second kappa shape index (κ2) is 7.25. The van der Waals surface area contributed by atoms with Crippen molar-refractivity contribution in [1.82, 2.24) is 4.57 Å². The Balaban J connectivity index is 1.95. The van der Waals surface area contributed by atoms with Crippen LogP contribution in [0, 0.1) is 22.7 Å². The molecule has 2 aliphatic heterocycles. The molecule has 1 unspecified atom stereocenters. The fourth-order valence-corrected chi connectivity index (χ4v) is 4.61. The van der Waals surface area contributed by atoms with Crippen molar-refractivity contribution in [3.8, 4) is 23.4 Å². The van der Waals surface area contributed by atoms with Crippen LogP contribution in [0.1, 0.15) is 36.2 Å². The van der Waals surface area contributed by atoms with E-state index in [4.69, 9.17) is 9.47 Å². The molecule has 5 rings (SSSR count). The van der Waals surface area contributed by atoms with Crippen molar-refractivity contribution in [3.63, 3.8) is 0 Å². The average Bonchev–Trinajstić information content (AvgIpc) is 3.27. The quantitative estimate of drug-likeness (QED) is 0.529. The highest BCUT2D eigenvalue weighted by Gasteiger charge is 2.56. The number of aromatic nitrogens is 1. The molecule has 160 valence electrons. The van der Waals surface area contributed by atoms with E-state index >= 15 is 0 Å². The SMILES string of the molecule is CC1=C(C)C2(OC1=O)OC(c1ccccc1)=C(C#N)c1c2c(C#N)c(-c2ccccc2)n1C. The molecule has 0 saturated heterocycles. The van der Waals surface area contributed by atoms with Gasteiger partial charge in [-0.25, -0.2) is 4.79 Å². The monoisotopic (exact) mass is 433 g/mol. The summed E-state index contributed by atoms with van der Waals surface area (Å²) in [5.41, 5.74) is 4.54. The van der Waals surface area contributed by atoms with E-state index in [0.717, 1.165) is 5.56 Å². The Bertz CT molecular complexity index is 1460. The molecule has 0 aliphatic carbocycles. The molecule has 0 fully saturated rings. The number of rotatable bonds is 2. The van der Waals surface area contributed by atoms with Crippen LogP contribution >= 0.6 is 0 Å². The number of hydrogen-bond acceptors (Lipinski definition) is 5. The number of hydrogen-bond donors (Lipinski definition) is 0. The molecule has 0 amide bonds. The molecule has 2 aliphatic rings. The van der Waals surface area contributed by atoms with Crippen LogP contribution in [0.3, 0.4) is 0 Å². The topological polar surface area (TPSA) is 88.0 Å². The summed E-state index contributed by atoms with van der Waals surface area (Å²) in [4.78, 5) is 12.7. The smallest absolute Gasteiger partial charge is 0.337 e. The third-order valence-corrected chi connectivity index (χ3v) is 6.34. The van der Waals surface area contributed by atoms with E-state index < -0.39 is 11.8 Å². The summed E-state index contributed by atoms with van der Waals surface area (Å²) < 4.78 is 14.2. The van der Waals surface area contributed by atoms with Crippen molar-refractivity contribution in [3.05, 3.63) is 94.2 Å². The van der Waals surface area contributed by atoms with Crippen LogP contribution in [0.5, 0.6) is 0 Å². The predicted molar refractivity (Wildman–Crippen MR) is 122 cm³/mol. The normalized spacial score (nSPS) is 19.1. The molecule has 1 atom stereocenters. The molecular formula is C27H19N3O3. The summed E-state index contributed by atoms with van der Waals surface area (Å²) >= 11 is 0. The van der Waals surface area contributed by atoms with Crippen LogP contribution in [0.15, 0.2) is 71.8 Å². The first kappa shape index (κ1) is 20.4. The Morgan fingerprint density at radius 3 is 1.97 bits per heavy atom. The summed E-state index contributed by atoms with van der Waals surface area (Å²) in [6.45, 7) is 3.44. The zero-order valence-corrected chi connectivity index (χ0v) is 18.3. The average molecular weight is 433 g/mol. The Morgan fingerprint density at radius 2 is 1.45 bits per heavy atom. The first-order valence-corrected chi connectivity index (χ1v) is 10.4. The molecule has 1 aromatic heterocycles. The van der Waals surface area contributed by atoms with Crippen molar-refractivity contribution >= 4 is 17.3 Å². The van der Waals surface area contributed by atoms with E-state index in [0.29, 0.717) is 45.0 Å². The van der Waals surface area contributed by atoms with E-state index in [-0.39, 0.29) is 5.57 Å². The van der Waals surface area contributed by atoms with Crippen molar-refractivity contribution in [1.29, 1.82) is 10.5 Å². The van der Waals surface area contributed by atoms with Crippen LogP contribution in [0.2, 0.25) is 0 Å². The molecule has 6 nitrogen and oxygen atoms in total. The van der Waals surface area contributed by atoms with Crippen LogP contribution in [-0.2, 0) is 27.1 Å². The predicted octanol–water partition coefficient (Wildman–Crippen LogP) is 5.03. The van der Waals surface area contributed by atoms with Gasteiger partial charge in [-0.1, -0.05) is 60.7 Å². The second-order valence-corrected chi connectivity index (χ2v) is 8.02. The van der Waals surface area contributed by atoms with Gasteiger partial charge in [-0.2, -0.15) is 10.5 Å². The highest BCUT2D eigenvalue weighted by molar-refractivity contribution is 6.00. The minimum absolute atomic E-state index is 0.274. The first-order valence-electron chi connectivity index (χ1n) is 10.4. The van der Waals surface area contributed by atoms with Gasteiger partial charge in [0.25, 0.3) is 0 Å². The lowest BCUT2D eigenvalue weighted by Gasteiger charge is -2.36. The summed E-state index contributed by atoms with van der Waals surface area (Å²) in [5, 5.41) is 20.5. The van der Waals surface area contributed by atoms with Gasteiger partial charge in [0, 0.05) is 23.8 Å². The third kappa shape index (κ3) is 2.68. The van der Waals surface area contributed by atoms with Crippen LogP contribution in [0.25, 0.3) is 22.6 Å². The number of nitriles is 2. The maximum absolute atomic E-state index is 12.7. The standard InChI is InChI=1S/C27H19N3O3/c1-16-17(2)27(33-26(16)31)22-20(14-28)23(18-10-6-4-7-11-18)30(3)24(22)21(15-29)25(32-27)19-12-8-5-9-13-19/h4-13H,1-3H3. The van der Waals surface area contributed by atoms with Gasteiger partial charge in [0.2, 0.25) is 0 Å². The Labute approximate surface area is 191 Å². The van der Waals surface area contributed by atoms with Gasteiger partial charge < -0.3 is 14.0 Å².